The number of para-hydroxylation sites is 1. The number of hydrogen-bond acceptors (Lipinski definition) is 6. The van der Waals surface area contributed by atoms with Gasteiger partial charge < -0.3 is 9.64 Å². The van der Waals surface area contributed by atoms with Gasteiger partial charge in [0.2, 0.25) is 5.88 Å². The van der Waals surface area contributed by atoms with Gasteiger partial charge in [0.15, 0.2) is 0 Å². The molecule has 2 fully saturated rings. The molecule has 0 spiro atoms. The molecule has 162 valence electrons. The van der Waals surface area contributed by atoms with E-state index in [1.54, 1.807) is 30.7 Å². The number of pyridine rings is 1. The standard InChI is InChI=1S/C24H24N6O2/c1-16-6-9-19(32-23-22(17-7-8-17)18(14-25)10-11-26-23)15-29(16)24(31)20-4-2-3-5-21(20)30-27-12-13-28-30/h2-5,10-13,16-17,19H,6-9,15H2,1H3/t16-,19-/m1/s1. The van der Waals surface area contributed by atoms with Gasteiger partial charge >= 0.3 is 0 Å². The van der Waals surface area contributed by atoms with Crippen LogP contribution >= 0.6 is 0 Å². The Bertz CT molecular complexity index is 1170. The number of benzene rings is 1. The average Bonchev–Trinajstić information content (AvgIpc) is 3.52. The van der Waals surface area contributed by atoms with Gasteiger partial charge in [0, 0.05) is 17.8 Å². The number of nitrogens with zero attached hydrogens (tertiary/aromatic N) is 6. The summed E-state index contributed by atoms with van der Waals surface area (Å²) in [5, 5.41) is 17.9. The van der Waals surface area contributed by atoms with Crippen molar-refractivity contribution in [3.05, 3.63) is 65.6 Å². The first-order valence-electron chi connectivity index (χ1n) is 11.0. The van der Waals surface area contributed by atoms with Gasteiger partial charge in [-0.15, -0.1) is 0 Å². The number of piperidine rings is 1. The Morgan fingerprint density at radius 1 is 1.09 bits per heavy atom. The molecular formula is C24H24N6O2. The van der Waals surface area contributed by atoms with Gasteiger partial charge in [-0.2, -0.15) is 20.3 Å². The number of carbonyl (C=O) groups excluding carboxylic acids is 1. The van der Waals surface area contributed by atoms with E-state index in [-0.39, 0.29) is 18.1 Å². The van der Waals surface area contributed by atoms with E-state index in [2.05, 4.69) is 28.2 Å². The van der Waals surface area contributed by atoms with Gasteiger partial charge in [0.25, 0.3) is 5.91 Å². The number of hydrogen-bond donors (Lipinski definition) is 0. The van der Waals surface area contributed by atoms with Crippen LogP contribution in [0.2, 0.25) is 0 Å². The molecule has 1 aliphatic heterocycles. The first-order chi connectivity index (χ1) is 15.7. The van der Waals surface area contributed by atoms with Crippen LogP contribution in [0.25, 0.3) is 5.69 Å². The van der Waals surface area contributed by atoms with Crippen LogP contribution in [0.4, 0.5) is 0 Å². The quantitative estimate of drug-likeness (QED) is 0.617. The normalized spacial score (nSPS) is 20.6. The molecule has 3 heterocycles. The van der Waals surface area contributed by atoms with Crippen molar-refractivity contribution in [3.63, 3.8) is 0 Å². The van der Waals surface area contributed by atoms with Gasteiger partial charge in [-0.25, -0.2) is 4.98 Å². The highest BCUT2D eigenvalue weighted by molar-refractivity contribution is 5.98. The number of amides is 1. The van der Waals surface area contributed by atoms with Crippen molar-refractivity contribution in [2.24, 2.45) is 0 Å². The van der Waals surface area contributed by atoms with Gasteiger partial charge in [0.1, 0.15) is 6.10 Å². The molecule has 3 aromatic rings. The number of carbonyl (C=O) groups is 1. The van der Waals surface area contributed by atoms with Crippen LogP contribution in [0.1, 0.15) is 60.0 Å². The van der Waals surface area contributed by atoms with E-state index in [1.807, 2.05) is 23.1 Å². The second-order valence-corrected chi connectivity index (χ2v) is 8.42. The maximum absolute atomic E-state index is 13.6. The molecule has 0 N–H and O–H groups in total. The van der Waals surface area contributed by atoms with E-state index in [0.717, 1.165) is 31.2 Å². The third kappa shape index (κ3) is 3.82. The fourth-order valence-electron chi connectivity index (χ4n) is 4.35. The van der Waals surface area contributed by atoms with Crippen LogP contribution in [-0.4, -0.2) is 49.5 Å². The highest BCUT2D eigenvalue weighted by Crippen LogP contribution is 2.45. The Labute approximate surface area is 186 Å². The summed E-state index contributed by atoms with van der Waals surface area (Å²) in [5.74, 6) is 0.821. The maximum atomic E-state index is 13.6. The first kappa shape index (κ1) is 20.2. The lowest BCUT2D eigenvalue weighted by Crippen LogP contribution is -2.49. The van der Waals surface area contributed by atoms with Crippen LogP contribution in [0.3, 0.4) is 0 Å². The van der Waals surface area contributed by atoms with E-state index in [4.69, 9.17) is 4.74 Å². The molecule has 2 aliphatic rings. The summed E-state index contributed by atoms with van der Waals surface area (Å²) in [6, 6.07) is 11.5. The van der Waals surface area contributed by atoms with E-state index in [0.29, 0.717) is 35.2 Å². The summed E-state index contributed by atoms with van der Waals surface area (Å²) in [6.45, 7) is 2.52. The van der Waals surface area contributed by atoms with Crippen LogP contribution in [0.15, 0.2) is 48.9 Å². The minimum Gasteiger partial charge on any atom is -0.472 e. The summed E-state index contributed by atoms with van der Waals surface area (Å²) in [5.41, 5.74) is 2.76. The molecule has 8 heteroatoms. The number of nitriles is 1. The lowest BCUT2D eigenvalue weighted by Gasteiger charge is -2.38. The predicted octanol–water partition coefficient (Wildman–Crippen LogP) is 3.48. The number of likely N-dealkylation sites (tertiary alicyclic amines) is 1. The lowest BCUT2D eigenvalue weighted by molar-refractivity contribution is 0.0370. The van der Waals surface area contributed by atoms with Crippen LogP contribution < -0.4 is 4.74 Å². The summed E-state index contributed by atoms with van der Waals surface area (Å²) in [4.78, 5) is 21.3. The molecule has 1 saturated carbocycles. The van der Waals surface area contributed by atoms with Crippen LogP contribution in [0, 0.1) is 11.3 Å². The fourth-order valence-corrected chi connectivity index (χ4v) is 4.35. The van der Waals surface area contributed by atoms with Crippen molar-refractivity contribution in [1.29, 1.82) is 5.26 Å². The van der Waals surface area contributed by atoms with Gasteiger partial charge in [-0.05, 0) is 56.7 Å². The number of aromatic nitrogens is 4. The van der Waals surface area contributed by atoms with E-state index < -0.39 is 0 Å². The third-order valence-electron chi connectivity index (χ3n) is 6.21. The van der Waals surface area contributed by atoms with Crippen molar-refractivity contribution in [3.8, 4) is 17.6 Å². The van der Waals surface area contributed by atoms with E-state index in [9.17, 15) is 10.1 Å². The van der Waals surface area contributed by atoms with Gasteiger partial charge in [-0.1, -0.05) is 12.1 Å². The predicted molar refractivity (Wildman–Crippen MR) is 116 cm³/mol. The van der Waals surface area contributed by atoms with Crippen LogP contribution in [-0.2, 0) is 0 Å². The minimum absolute atomic E-state index is 0.0696. The smallest absolute Gasteiger partial charge is 0.256 e. The molecule has 5 rings (SSSR count). The third-order valence-corrected chi connectivity index (χ3v) is 6.21. The Morgan fingerprint density at radius 3 is 2.62 bits per heavy atom. The highest BCUT2D eigenvalue weighted by Gasteiger charge is 2.35. The Kier molecular flexibility index (Phi) is 5.31. The molecule has 2 atom stereocenters. The molecule has 0 bridgehead atoms. The summed E-state index contributed by atoms with van der Waals surface area (Å²) < 4.78 is 6.31. The zero-order chi connectivity index (χ0) is 22.1. The van der Waals surface area contributed by atoms with E-state index >= 15 is 0 Å². The second-order valence-electron chi connectivity index (χ2n) is 8.42. The van der Waals surface area contributed by atoms with Crippen molar-refractivity contribution in [1.82, 2.24) is 24.9 Å². The molecule has 0 radical (unpaired) electrons. The minimum atomic E-state index is -0.177. The Balaban J connectivity index is 1.39. The molecule has 32 heavy (non-hydrogen) atoms. The Morgan fingerprint density at radius 2 is 1.88 bits per heavy atom. The number of rotatable bonds is 5. The average molecular weight is 428 g/mol. The molecule has 2 aromatic heterocycles. The zero-order valence-electron chi connectivity index (χ0n) is 17.9. The van der Waals surface area contributed by atoms with Gasteiger partial charge in [-0.3, -0.25) is 4.79 Å². The number of ether oxygens (including phenoxy) is 1. The van der Waals surface area contributed by atoms with Gasteiger partial charge in [0.05, 0.1) is 41.8 Å². The molecule has 1 amide bonds. The molecule has 0 unspecified atom stereocenters. The van der Waals surface area contributed by atoms with E-state index in [1.165, 1.54) is 4.80 Å². The largest absolute Gasteiger partial charge is 0.472 e. The van der Waals surface area contributed by atoms with Crippen molar-refractivity contribution >= 4 is 5.91 Å². The SMILES string of the molecule is C[C@@H]1CC[C@@H](Oc2nccc(C#N)c2C2CC2)CN1C(=O)c1ccccc1-n1nccn1. The Hall–Kier alpha value is -3.73. The highest BCUT2D eigenvalue weighted by atomic mass is 16.5. The first-order valence-corrected chi connectivity index (χ1v) is 11.0. The second kappa shape index (κ2) is 8.42. The summed E-state index contributed by atoms with van der Waals surface area (Å²) in [6.07, 6.45) is 8.40. The lowest BCUT2D eigenvalue weighted by atomic mass is 9.99. The van der Waals surface area contributed by atoms with Crippen molar-refractivity contribution in [2.45, 2.75) is 50.7 Å². The summed E-state index contributed by atoms with van der Waals surface area (Å²) >= 11 is 0. The molecular weight excluding hydrogens is 404 g/mol. The maximum Gasteiger partial charge on any atom is 0.256 e. The fraction of sp³-hybridized carbons (Fsp3) is 0.375. The molecule has 1 saturated heterocycles. The zero-order valence-corrected chi connectivity index (χ0v) is 17.9. The molecule has 1 aliphatic carbocycles. The topological polar surface area (TPSA) is 96.9 Å². The van der Waals surface area contributed by atoms with Crippen molar-refractivity contribution in [2.75, 3.05) is 6.54 Å². The molecule has 1 aromatic carbocycles. The monoisotopic (exact) mass is 428 g/mol. The summed E-state index contributed by atoms with van der Waals surface area (Å²) in [7, 11) is 0. The van der Waals surface area contributed by atoms with Crippen LogP contribution in [0.5, 0.6) is 5.88 Å². The van der Waals surface area contributed by atoms with Crippen molar-refractivity contribution < 1.29 is 9.53 Å². The molecule has 8 nitrogen and oxygen atoms in total.